The molecule has 0 atom stereocenters. The van der Waals surface area contributed by atoms with Crippen LogP contribution in [0.1, 0.15) is 0 Å². The van der Waals surface area contributed by atoms with E-state index >= 15 is 0 Å². The summed E-state index contributed by atoms with van der Waals surface area (Å²) >= 11 is 0. The number of anilines is 1. The highest BCUT2D eigenvalue weighted by Gasteiger charge is 2.04. The minimum Gasteiger partial charge on any atom is -0.493 e. The van der Waals surface area contributed by atoms with Gasteiger partial charge in [-0.1, -0.05) is 0 Å². The van der Waals surface area contributed by atoms with Gasteiger partial charge in [-0.3, -0.25) is 0 Å². The zero-order valence-corrected chi connectivity index (χ0v) is 12.1. The molecule has 114 valence electrons. The Kier molecular flexibility index (Phi) is 8.53. The summed E-state index contributed by atoms with van der Waals surface area (Å²) in [6, 6.07) is 5.27. The quantitative estimate of drug-likeness (QED) is 0.488. The Morgan fingerprint density at radius 2 is 1.50 bits per heavy atom. The van der Waals surface area contributed by atoms with E-state index in [-0.39, 0.29) is 0 Å². The van der Waals surface area contributed by atoms with Crippen molar-refractivity contribution in [3.8, 4) is 11.5 Å². The molecule has 0 aliphatic carbocycles. The molecule has 0 aliphatic heterocycles. The molecule has 0 aromatic heterocycles. The van der Waals surface area contributed by atoms with E-state index in [0.717, 1.165) is 0 Å². The minimum atomic E-state index is 0.428. The standard InChI is InChI=1S/C14H23NO5/c1-16-5-6-18-7-8-19-9-10-20-14-11-12(15)3-4-13(14)17-2/h3-4,11H,5-10,15H2,1-2H3. The molecule has 1 aromatic carbocycles. The molecule has 0 bridgehead atoms. The van der Waals surface area contributed by atoms with Crippen molar-refractivity contribution in [3.05, 3.63) is 18.2 Å². The van der Waals surface area contributed by atoms with Gasteiger partial charge >= 0.3 is 0 Å². The molecule has 2 N–H and O–H groups in total. The summed E-state index contributed by atoms with van der Waals surface area (Å²) in [5.74, 6) is 1.27. The van der Waals surface area contributed by atoms with Crippen LogP contribution in [0.5, 0.6) is 11.5 Å². The molecule has 0 radical (unpaired) electrons. The van der Waals surface area contributed by atoms with E-state index in [1.165, 1.54) is 0 Å². The largest absolute Gasteiger partial charge is 0.493 e. The van der Waals surface area contributed by atoms with E-state index in [2.05, 4.69) is 0 Å². The molecule has 0 amide bonds. The van der Waals surface area contributed by atoms with Crippen molar-refractivity contribution < 1.29 is 23.7 Å². The van der Waals surface area contributed by atoms with Crippen LogP contribution in [0.2, 0.25) is 0 Å². The summed E-state index contributed by atoms with van der Waals surface area (Å²) in [7, 11) is 3.23. The summed E-state index contributed by atoms with van der Waals surface area (Å²) < 4.78 is 26.2. The summed E-state index contributed by atoms with van der Waals surface area (Å²) in [6.07, 6.45) is 0. The third-order valence-corrected chi connectivity index (χ3v) is 2.48. The monoisotopic (exact) mass is 285 g/mol. The van der Waals surface area contributed by atoms with Gasteiger partial charge in [-0.05, 0) is 12.1 Å². The molecular weight excluding hydrogens is 262 g/mol. The van der Waals surface area contributed by atoms with Crippen LogP contribution in [0, 0.1) is 0 Å². The summed E-state index contributed by atoms with van der Waals surface area (Å²) in [5.41, 5.74) is 6.33. The Morgan fingerprint density at radius 1 is 0.850 bits per heavy atom. The van der Waals surface area contributed by atoms with Crippen LogP contribution in [0.3, 0.4) is 0 Å². The highest BCUT2D eigenvalue weighted by atomic mass is 16.6. The van der Waals surface area contributed by atoms with Gasteiger partial charge in [-0.25, -0.2) is 0 Å². The van der Waals surface area contributed by atoms with Gasteiger partial charge in [0, 0.05) is 18.9 Å². The Bertz CT molecular complexity index is 373. The maximum absolute atomic E-state index is 5.70. The zero-order chi connectivity index (χ0) is 14.6. The normalized spacial score (nSPS) is 10.5. The number of hydrogen-bond acceptors (Lipinski definition) is 6. The average Bonchev–Trinajstić information content (AvgIpc) is 2.46. The van der Waals surface area contributed by atoms with E-state index < -0.39 is 0 Å². The van der Waals surface area contributed by atoms with Gasteiger partial charge in [0.1, 0.15) is 6.61 Å². The molecular formula is C14H23NO5. The fourth-order valence-corrected chi connectivity index (χ4v) is 1.48. The van der Waals surface area contributed by atoms with Gasteiger partial charge in [0.15, 0.2) is 11.5 Å². The highest BCUT2D eigenvalue weighted by molar-refractivity contribution is 5.51. The maximum Gasteiger partial charge on any atom is 0.163 e. The molecule has 0 saturated carbocycles. The van der Waals surface area contributed by atoms with Crippen LogP contribution in [0.4, 0.5) is 5.69 Å². The SMILES string of the molecule is COCCOCCOCCOc1cc(N)ccc1OC. The summed E-state index contributed by atoms with van der Waals surface area (Å²) in [4.78, 5) is 0. The molecule has 6 heteroatoms. The fourth-order valence-electron chi connectivity index (χ4n) is 1.48. The maximum atomic E-state index is 5.70. The van der Waals surface area contributed by atoms with Gasteiger partial charge < -0.3 is 29.4 Å². The molecule has 1 rings (SSSR count). The van der Waals surface area contributed by atoms with E-state index in [1.54, 1.807) is 32.4 Å². The molecule has 20 heavy (non-hydrogen) atoms. The van der Waals surface area contributed by atoms with Crippen molar-refractivity contribution in [1.29, 1.82) is 0 Å². The second-order valence-corrected chi connectivity index (χ2v) is 3.98. The van der Waals surface area contributed by atoms with E-state index in [9.17, 15) is 0 Å². The van der Waals surface area contributed by atoms with Gasteiger partial charge in [-0.15, -0.1) is 0 Å². The third-order valence-electron chi connectivity index (χ3n) is 2.48. The second kappa shape index (κ2) is 10.3. The van der Waals surface area contributed by atoms with Crippen molar-refractivity contribution >= 4 is 5.69 Å². The Morgan fingerprint density at radius 3 is 2.15 bits per heavy atom. The van der Waals surface area contributed by atoms with Crippen LogP contribution >= 0.6 is 0 Å². The number of rotatable bonds is 11. The van der Waals surface area contributed by atoms with Crippen LogP contribution in [-0.4, -0.2) is 53.9 Å². The molecule has 6 nitrogen and oxygen atoms in total. The lowest BCUT2D eigenvalue weighted by Crippen LogP contribution is -2.12. The lowest BCUT2D eigenvalue weighted by Gasteiger charge is -2.11. The van der Waals surface area contributed by atoms with Crippen LogP contribution < -0.4 is 15.2 Å². The van der Waals surface area contributed by atoms with Crippen LogP contribution in [-0.2, 0) is 14.2 Å². The number of hydrogen-bond donors (Lipinski definition) is 1. The van der Waals surface area contributed by atoms with E-state index in [1.807, 2.05) is 0 Å². The highest BCUT2D eigenvalue weighted by Crippen LogP contribution is 2.28. The van der Waals surface area contributed by atoms with Crippen molar-refractivity contribution in [1.82, 2.24) is 0 Å². The number of nitrogens with two attached hydrogens (primary N) is 1. The first-order chi connectivity index (χ1) is 9.77. The Hall–Kier alpha value is -1.50. The number of nitrogen functional groups attached to an aromatic ring is 1. The fraction of sp³-hybridized carbons (Fsp3) is 0.571. The number of benzene rings is 1. The first kappa shape index (κ1) is 16.6. The number of ether oxygens (including phenoxy) is 5. The molecule has 0 saturated heterocycles. The number of methoxy groups -OCH3 is 2. The predicted octanol–water partition coefficient (Wildman–Crippen LogP) is 1.34. The second-order valence-electron chi connectivity index (χ2n) is 3.98. The summed E-state index contributed by atoms with van der Waals surface area (Å²) in [5, 5.41) is 0. The van der Waals surface area contributed by atoms with Crippen molar-refractivity contribution in [3.63, 3.8) is 0 Å². The first-order valence-corrected chi connectivity index (χ1v) is 6.48. The first-order valence-electron chi connectivity index (χ1n) is 6.48. The third kappa shape index (κ3) is 6.60. The van der Waals surface area contributed by atoms with Gasteiger partial charge in [0.25, 0.3) is 0 Å². The zero-order valence-electron chi connectivity index (χ0n) is 12.1. The molecule has 0 unspecified atom stereocenters. The van der Waals surface area contributed by atoms with Crippen molar-refractivity contribution in [2.45, 2.75) is 0 Å². The van der Waals surface area contributed by atoms with Crippen molar-refractivity contribution in [2.24, 2.45) is 0 Å². The van der Waals surface area contributed by atoms with E-state index in [4.69, 9.17) is 29.4 Å². The Labute approximate surface area is 119 Å². The van der Waals surface area contributed by atoms with Gasteiger partial charge in [0.2, 0.25) is 0 Å². The Balaban J connectivity index is 2.10. The lowest BCUT2D eigenvalue weighted by atomic mass is 10.3. The van der Waals surface area contributed by atoms with E-state index in [0.29, 0.717) is 56.8 Å². The molecule has 0 heterocycles. The molecule has 0 spiro atoms. The van der Waals surface area contributed by atoms with Crippen LogP contribution in [0.25, 0.3) is 0 Å². The molecule has 1 aromatic rings. The topological polar surface area (TPSA) is 72.2 Å². The van der Waals surface area contributed by atoms with Crippen LogP contribution in [0.15, 0.2) is 18.2 Å². The van der Waals surface area contributed by atoms with Crippen molar-refractivity contribution in [2.75, 3.05) is 59.6 Å². The minimum absolute atomic E-state index is 0.428. The van der Waals surface area contributed by atoms with Gasteiger partial charge in [0.05, 0.1) is 40.1 Å². The molecule has 0 aliphatic rings. The average molecular weight is 285 g/mol. The lowest BCUT2D eigenvalue weighted by molar-refractivity contribution is 0.0178. The smallest absolute Gasteiger partial charge is 0.163 e. The predicted molar refractivity (Wildman–Crippen MR) is 76.4 cm³/mol. The van der Waals surface area contributed by atoms with Gasteiger partial charge in [-0.2, -0.15) is 0 Å². The molecule has 0 fully saturated rings. The summed E-state index contributed by atoms with van der Waals surface area (Å²) in [6.45, 7) is 3.16.